The highest BCUT2D eigenvalue weighted by Crippen LogP contribution is 2.20. The van der Waals surface area contributed by atoms with Crippen LogP contribution in [0.4, 0.5) is 5.69 Å². The molecule has 124 valence electrons. The van der Waals surface area contributed by atoms with Gasteiger partial charge in [-0.05, 0) is 18.6 Å². The number of sulfone groups is 1. The molecule has 0 unspecified atom stereocenters. The van der Waals surface area contributed by atoms with Gasteiger partial charge in [0.1, 0.15) is 6.04 Å². The number of hydrogen-bond donors (Lipinski definition) is 2. The van der Waals surface area contributed by atoms with Crippen LogP contribution in [0.2, 0.25) is 0 Å². The van der Waals surface area contributed by atoms with E-state index in [4.69, 9.17) is 4.74 Å². The molecule has 1 aromatic carbocycles. The molecule has 2 amide bonds. The molecule has 0 aromatic heterocycles. The van der Waals surface area contributed by atoms with Crippen LogP contribution in [0.25, 0.3) is 0 Å². The van der Waals surface area contributed by atoms with Crippen LogP contribution in [-0.4, -0.2) is 45.1 Å². The topological polar surface area (TPSA) is 119 Å². The summed E-state index contributed by atoms with van der Waals surface area (Å²) in [6.45, 7) is -0.566. The van der Waals surface area contributed by atoms with E-state index in [9.17, 15) is 22.8 Å². The van der Waals surface area contributed by atoms with Crippen molar-refractivity contribution in [3.05, 3.63) is 24.3 Å². The fourth-order valence-electron chi connectivity index (χ4n) is 2.11. The second kappa shape index (κ2) is 6.78. The van der Waals surface area contributed by atoms with Gasteiger partial charge in [-0.25, -0.2) is 13.2 Å². The van der Waals surface area contributed by atoms with E-state index in [-0.39, 0.29) is 22.9 Å². The molecule has 0 bridgehead atoms. The van der Waals surface area contributed by atoms with Crippen molar-refractivity contribution in [1.82, 2.24) is 5.32 Å². The number of benzene rings is 1. The number of amides is 2. The summed E-state index contributed by atoms with van der Waals surface area (Å²) in [5.41, 5.74) is 0.116. The summed E-state index contributed by atoms with van der Waals surface area (Å²) in [6.07, 6.45) is 1.60. The highest BCUT2D eigenvalue weighted by Gasteiger charge is 2.28. The first-order valence-electron chi connectivity index (χ1n) is 6.82. The Balaban J connectivity index is 1.93. The molecule has 1 aliphatic rings. The van der Waals surface area contributed by atoms with Crippen molar-refractivity contribution in [3.63, 3.8) is 0 Å². The van der Waals surface area contributed by atoms with Crippen molar-refractivity contribution in [2.24, 2.45) is 0 Å². The van der Waals surface area contributed by atoms with E-state index in [2.05, 4.69) is 10.6 Å². The molecule has 9 heteroatoms. The second-order valence-corrected chi connectivity index (χ2v) is 7.07. The number of esters is 1. The maximum absolute atomic E-state index is 11.8. The maximum atomic E-state index is 11.8. The van der Waals surface area contributed by atoms with Crippen LogP contribution < -0.4 is 10.6 Å². The van der Waals surface area contributed by atoms with Crippen LogP contribution in [0.1, 0.15) is 12.8 Å². The zero-order valence-corrected chi connectivity index (χ0v) is 13.2. The van der Waals surface area contributed by atoms with Gasteiger partial charge in [-0.15, -0.1) is 0 Å². The van der Waals surface area contributed by atoms with E-state index < -0.39 is 34.4 Å². The van der Waals surface area contributed by atoms with Crippen LogP contribution in [-0.2, 0) is 29.0 Å². The molecule has 1 aromatic rings. The number of nitrogens with one attached hydrogen (secondary N) is 2. The molecule has 0 aliphatic carbocycles. The van der Waals surface area contributed by atoms with Gasteiger partial charge in [0, 0.05) is 12.7 Å². The average molecular weight is 340 g/mol. The van der Waals surface area contributed by atoms with Crippen molar-refractivity contribution < 1.29 is 27.5 Å². The Hall–Kier alpha value is -2.42. The van der Waals surface area contributed by atoms with Crippen molar-refractivity contribution in [1.29, 1.82) is 0 Å². The summed E-state index contributed by atoms with van der Waals surface area (Å²) >= 11 is 0. The van der Waals surface area contributed by atoms with Gasteiger partial charge in [-0.1, -0.05) is 12.1 Å². The summed E-state index contributed by atoms with van der Waals surface area (Å²) in [7, 11) is -3.50. The van der Waals surface area contributed by atoms with Gasteiger partial charge in [0.2, 0.25) is 5.91 Å². The van der Waals surface area contributed by atoms with Gasteiger partial charge >= 0.3 is 5.97 Å². The zero-order valence-electron chi connectivity index (χ0n) is 12.4. The van der Waals surface area contributed by atoms with Crippen molar-refractivity contribution in [2.75, 3.05) is 18.2 Å². The van der Waals surface area contributed by atoms with Gasteiger partial charge in [-0.2, -0.15) is 0 Å². The average Bonchev–Trinajstić information content (AvgIpc) is 2.91. The predicted octanol–water partition coefficient (Wildman–Crippen LogP) is -0.150. The number of carbonyl (C=O) groups excluding carboxylic acids is 3. The number of para-hydroxylation sites is 1. The lowest BCUT2D eigenvalue weighted by Gasteiger charge is -2.12. The minimum absolute atomic E-state index is 0.0252. The standard InChI is InChI=1S/C14H16N2O6S/c1-23(20,21)11-5-3-2-4-9(11)15-13(18)8-22-14(19)10-6-7-12(17)16-10/h2-5,10H,6-8H2,1H3,(H,15,18)(H,16,17)/t10-/m1/s1. The fourth-order valence-corrected chi connectivity index (χ4v) is 2.95. The molecular weight excluding hydrogens is 324 g/mol. The number of anilines is 1. The monoisotopic (exact) mass is 340 g/mol. The molecule has 23 heavy (non-hydrogen) atoms. The Labute approximate surface area is 133 Å². The van der Waals surface area contributed by atoms with E-state index in [1.54, 1.807) is 6.07 Å². The molecule has 0 radical (unpaired) electrons. The minimum atomic E-state index is -3.50. The third-order valence-electron chi connectivity index (χ3n) is 3.19. The first kappa shape index (κ1) is 16.9. The Morgan fingerprint density at radius 3 is 2.65 bits per heavy atom. The molecule has 1 fully saturated rings. The molecule has 2 rings (SSSR count). The summed E-state index contributed by atoms with van der Waals surface area (Å²) in [4.78, 5) is 34.5. The number of hydrogen-bond acceptors (Lipinski definition) is 6. The van der Waals surface area contributed by atoms with Crippen molar-refractivity contribution >= 4 is 33.3 Å². The van der Waals surface area contributed by atoms with Gasteiger partial charge in [0.25, 0.3) is 5.91 Å². The molecule has 0 saturated carbocycles. The first-order valence-corrected chi connectivity index (χ1v) is 8.71. The van der Waals surface area contributed by atoms with E-state index in [1.807, 2.05) is 0 Å². The molecular formula is C14H16N2O6S. The summed E-state index contributed by atoms with van der Waals surface area (Å²) in [5.74, 6) is -1.60. The minimum Gasteiger partial charge on any atom is -0.454 e. The Bertz CT molecular complexity index is 743. The van der Waals surface area contributed by atoms with Crippen LogP contribution in [0.15, 0.2) is 29.2 Å². The van der Waals surface area contributed by atoms with Crippen LogP contribution in [0.5, 0.6) is 0 Å². The molecule has 8 nitrogen and oxygen atoms in total. The molecule has 1 atom stereocenters. The SMILES string of the molecule is CS(=O)(=O)c1ccccc1NC(=O)COC(=O)[C@H]1CCC(=O)N1. The van der Waals surface area contributed by atoms with Crippen LogP contribution >= 0.6 is 0 Å². The Morgan fingerprint density at radius 2 is 2.04 bits per heavy atom. The lowest BCUT2D eigenvalue weighted by atomic mass is 10.2. The predicted molar refractivity (Wildman–Crippen MR) is 80.3 cm³/mol. The Kier molecular flexibility index (Phi) is 4.99. The number of carbonyl (C=O) groups is 3. The Morgan fingerprint density at radius 1 is 1.35 bits per heavy atom. The zero-order chi connectivity index (χ0) is 17.0. The van der Waals surface area contributed by atoms with E-state index >= 15 is 0 Å². The van der Waals surface area contributed by atoms with Crippen molar-refractivity contribution in [3.8, 4) is 0 Å². The van der Waals surface area contributed by atoms with Crippen LogP contribution in [0.3, 0.4) is 0 Å². The fraction of sp³-hybridized carbons (Fsp3) is 0.357. The maximum Gasteiger partial charge on any atom is 0.329 e. The van der Waals surface area contributed by atoms with Gasteiger partial charge in [0.05, 0.1) is 10.6 Å². The smallest absolute Gasteiger partial charge is 0.329 e. The third kappa shape index (κ3) is 4.52. The highest BCUT2D eigenvalue weighted by atomic mass is 32.2. The largest absolute Gasteiger partial charge is 0.454 e. The normalized spacial score (nSPS) is 17.4. The first-order chi connectivity index (χ1) is 10.8. The molecule has 2 N–H and O–H groups in total. The van der Waals surface area contributed by atoms with Gasteiger partial charge in [-0.3, -0.25) is 9.59 Å². The number of rotatable bonds is 5. The molecule has 1 aliphatic heterocycles. The van der Waals surface area contributed by atoms with E-state index in [0.29, 0.717) is 6.42 Å². The van der Waals surface area contributed by atoms with Crippen LogP contribution in [0, 0.1) is 0 Å². The highest BCUT2D eigenvalue weighted by molar-refractivity contribution is 7.90. The van der Waals surface area contributed by atoms with Gasteiger partial charge < -0.3 is 15.4 Å². The summed E-state index contributed by atoms with van der Waals surface area (Å²) in [5, 5.41) is 4.82. The number of ether oxygens (including phenoxy) is 1. The van der Waals surface area contributed by atoms with Crippen molar-refractivity contribution in [2.45, 2.75) is 23.8 Å². The lowest BCUT2D eigenvalue weighted by Crippen LogP contribution is -2.36. The van der Waals surface area contributed by atoms with E-state index in [1.165, 1.54) is 18.2 Å². The summed E-state index contributed by atoms with van der Waals surface area (Å²) < 4.78 is 28.1. The molecule has 1 saturated heterocycles. The third-order valence-corrected chi connectivity index (χ3v) is 4.34. The van der Waals surface area contributed by atoms with E-state index in [0.717, 1.165) is 6.26 Å². The summed E-state index contributed by atoms with van der Waals surface area (Å²) in [6, 6.07) is 5.18. The lowest BCUT2D eigenvalue weighted by molar-refractivity contribution is -0.149. The molecule has 0 spiro atoms. The van der Waals surface area contributed by atoms with Gasteiger partial charge in [0.15, 0.2) is 16.4 Å². The second-order valence-electron chi connectivity index (χ2n) is 5.08. The quantitative estimate of drug-likeness (QED) is 0.720. The molecule has 1 heterocycles.